The van der Waals surface area contributed by atoms with Gasteiger partial charge in [0.15, 0.2) is 0 Å². The molecule has 2 N–H and O–H groups in total. The monoisotopic (exact) mass is 298 g/mol. The molecule has 0 bridgehead atoms. The number of nitrogens with one attached hydrogen (secondary N) is 1. The number of nitro benzene ring substituents is 1. The number of benzene rings is 1. The van der Waals surface area contributed by atoms with Crippen molar-refractivity contribution in [3.63, 3.8) is 0 Å². The van der Waals surface area contributed by atoms with Crippen molar-refractivity contribution in [2.75, 3.05) is 0 Å². The van der Waals surface area contributed by atoms with Crippen LogP contribution in [0.15, 0.2) is 18.2 Å². The Morgan fingerprint density at radius 1 is 1.55 bits per heavy atom. The van der Waals surface area contributed by atoms with Gasteiger partial charge >= 0.3 is 5.69 Å². The number of carbonyl (C=O) groups is 1. The fraction of sp³-hybridized carbons (Fsp3) is 0.462. The molecule has 1 fully saturated rings. The van der Waals surface area contributed by atoms with Gasteiger partial charge in [-0.2, -0.15) is 0 Å². The van der Waals surface area contributed by atoms with Gasteiger partial charge in [-0.05, 0) is 18.6 Å². The molecule has 0 radical (unpaired) electrons. The van der Waals surface area contributed by atoms with Crippen molar-refractivity contribution in [3.8, 4) is 0 Å². The first-order valence-corrected chi connectivity index (χ1v) is 6.54. The topological polar surface area (TPSA) is 92.5 Å². The van der Waals surface area contributed by atoms with E-state index >= 15 is 0 Å². The van der Waals surface area contributed by atoms with Crippen LogP contribution < -0.4 is 5.32 Å². The molecule has 2 rings (SSSR count). The molecule has 1 aliphatic rings. The van der Waals surface area contributed by atoms with Gasteiger partial charge in [-0.3, -0.25) is 14.9 Å². The summed E-state index contributed by atoms with van der Waals surface area (Å²) in [6, 6.07) is 4.00. The molecule has 0 spiro atoms. The van der Waals surface area contributed by atoms with E-state index in [0.717, 1.165) is 0 Å². The fourth-order valence-corrected chi connectivity index (χ4v) is 2.51. The Kier molecular flexibility index (Phi) is 3.71. The van der Waals surface area contributed by atoms with Crippen molar-refractivity contribution in [2.45, 2.75) is 32.4 Å². The first kappa shape index (κ1) is 14.7. The average molecular weight is 299 g/mol. The Morgan fingerprint density at radius 3 is 2.70 bits per heavy atom. The number of nitrogens with zero attached hydrogens (tertiary/aromatic N) is 1. The molecule has 1 aliphatic carbocycles. The maximum absolute atomic E-state index is 12.2. The third-order valence-corrected chi connectivity index (χ3v) is 4.24. The highest BCUT2D eigenvalue weighted by atomic mass is 35.5. The van der Waals surface area contributed by atoms with Gasteiger partial charge in [0.2, 0.25) is 0 Å². The summed E-state index contributed by atoms with van der Waals surface area (Å²) in [6.45, 7) is 3.66. The van der Waals surface area contributed by atoms with E-state index in [-0.39, 0.29) is 16.6 Å². The Labute approximate surface area is 120 Å². The van der Waals surface area contributed by atoms with Crippen LogP contribution in [0.1, 0.15) is 30.6 Å². The van der Waals surface area contributed by atoms with Gasteiger partial charge in [-0.25, -0.2) is 0 Å². The number of amides is 1. The second-order valence-corrected chi connectivity index (χ2v) is 5.90. The Bertz CT molecular complexity index is 573. The van der Waals surface area contributed by atoms with Gasteiger partial charge in [0.05, 0.1) is 11.0 Å². The SMILES string of the molecule is CC1(C)C(O)CC1NC(=O)c1cccc(Cl)c1[N+](=O)[O-]. The molecule has 20 heavy (non-hydrogen) atoms. The van der Waals surface area contributed by atoms with Gasteiger partial charge in [0.25, 0.3) is 5.91 Å². The van der Waals surface area contributed by atoms with Crippen LogP contribution in [-0.2, 0) is 0 Å². The Hall–Kier alpha value is -1.66. The van der Waals surface area contributed by atoms with E-state index in [4.69, 9.17) is 11.6 Å². The van der Waals surface area contributed by atoms with Gasteiger partial charge in [0.1, 0.15) is 10.6 Å². The zero-order chi connectivity index (χ0) is 15.1. The number of aliphatic hydroxyl groups excluding tert-OH is 1. The summed E-state index contributed by atoms with van der Waals surface area (Å²) >= 11 is 5.77. The van der Waals surface area contributed by atoms with Crippen LogP contribution in [-0.4, -0.2) is 28.1 Å². The summed E-state index contributed by atoms with van der Waals surface area (Å²) in [4.78, 5) is 22.5. The van der Waals surface area contributed by atoms with Crippen molar-refractivity contribution in [2.24, 2.45) is 5.41 Å². The number of hydrogen-bond acceptors (Lipinski definition) is 4. The summed E-state index contributed by atoms with van der Waals surface area (Å²) in [5.41, 5.74) is -0.910. The summed E-state index contributed by atoms with van der Waals surface area (Å²) in [5, 5.41) is 23.3. The fourth-order valence-electron chi connectivity index (χ4n) is 2.27. The minimum atomic E-state index is -0.669. The number of carbonyl (C=O) groups excluding carboxylic acids is 1. The summed E-state index contributed by atoms with van der Waals surface area (Å²) in [6.07, 6.45) is -0.0465. The maximum atomic E-state index is 12.2. The highest BCUT2D eigenvalue weighted by Gasteiger charge is 2.48. The largest absolute Gasteiger partial charge is 0.392 e. The molecule has 2 atom stereocenters. The van der Waals surface area contributed by atoms with Crippen LogP contribution in [0.5, 0.6) is 0 Å². The molecule has 1 aromatic carbocycles. The highest BCUT2D eigenvalue weighted by molar-refractivity contribution is 6.33. The predicted molar refractivity (Wildman–Crippen MR) is 73.8 cm³/mol. The molecule has 6 nitrogen and oxygen atoms in total. The molecule has 1 aromatic rings. The molecule has 1 amide bonds. The van der Waals surface area contributed by atoms with Crippen molar-refractivity contribution in [3.05, 3.63) is 38.9 Å². The van der Waals surface area contributed by atoms with Crippen LogP contribution in [0.2, 0.25) is 5.02 Å². The predicted octanol–water partition coefficient (Wildman–Crippen LogP) is 2.14. The van der Waals surface area contributed by atoms with E-state index in [1.165, 1.54) is 18.2 Å². The van der Waals surface area contributed by atoms with Gasteiger partial charge < -0.3 is 10.4 Å². The molecule has 0 heterocycles. The lowest BCUT2D eigenvalue weighted by atomic mass is 9.64. The smallest absolute Gasteiger partial charge is 0.300 e. The zero-order valence-corrected chi connectivity index (χ0v) is 11.8. The van der Waals surface area contributed by atoms with Crippen LogP contribution in [0.3, 0.4) is 0 Å². The second-order valence-electron chi connectivity index (χ2n) is 5.49. The van der Waals surface area contributed by atoms with Gasteiger partial charge in [0, 0.05) is 11.5 Å². The van der Waals surface area contributed by atoms with Crippen LogP contribution in [0.25, 0.3) is 0 Å². The standard InChI is InChI=1S/C13H15ClN2O4/c1-13(2)9(6-10(13)17)15-12(18)7-4-3-5-8(14)11(7)16(19)20/h3-5,9-10,17H,6H2,1-2H3,(H,15,18). The minimum absolute atomic E-state index is 0.0697. The van der Waals surface area contributed by atoms with Crippen LogP contribution in [0.4, 0.5) is 5.69 Å². The van der Waals surface area contributed by atoms with E-state index in [1.54, 1.807) is 0 Å². The van der Waals surface area contributed by atoms with Crippen LogP contribution >= 0.6 is 11.6 Å². The molecule has 108 valence electrons. The summed E-state index contributed by atoms with van der Waals surface area (Å²) < 4.78 is 0. The first-order chi connectivity index (χ1) is 9.25. The molecule has 0 saturated heterocycles. The molecule has 7 heteroatoms. The zero-order valence-electron chi connectivity index (χ0n) is 11.1. The number of rotatable bonds is 3. The van der Waals surface area contributed by atoms with Crippen molar-refractivity contribution >= 4 is 23.2 Å². The summed E-state index contributed by atoms with van der Waals surface area (Å²) in [7, 11) is 0. The van der Waals surface area contributed by atoms with E-state index < -0.39 is 28.0 Å². The van der Waals surface area contributed by atoms with Crippen molar-refractivity contribution in [1.29, 1.82) is 0 Å². The lowest BCUT2D eigenvalue weighted by Gasteiger charge is -2.49. The quantitative estimate of drug-likeness (QED) is 0.660. The molecule has 0 aromatic heterocycles. The first-order valence-electron chi connectivity index (χ1n) is 6.17. The Balaban J connectivity index is 2.23. The third kappa shape index (κ3) is 2.36. The number of para-hydroxylation sites is 1. The molecular formula is C13H15ClN2O4. The lowest BCUT2D eigenvalue weighted by Crippen LogP contribution is -2.61. The number of nitro groups is 1. The number of hydrogen-bond donors (Lipinski definition) is 2. The highest BCUT2D eigenvalue weighted by Crippen LogP contribution is 2.40. The molecule has 0 aliphatic heterocycles. The number of halogens is 1. The van der Waals surface area contributed by atoms with E-state index in [1.807, 2.05) is 13.8 Å². The van der Waals surface area contributed by atoms with Crippen molar-refractivity contribution < 1.29 is 14.8 Å². The molecular weight excluding hydrogens is 284 g/mol. The minimum Gasteiger partial charge on any atom is -0.392 e. The van der Waals surface area contributed by atoms with Gasteiger partial charge in [-0.15, -0.1) is 0 Å². The molecule has 1 saturated carbocycles. The normalized spacial score (nSPS) is 23.8. The van der Waals surface area contributed by atoms with Crippen LogP contribution in [0, 0.1) is 15.5 Å². The van der Waals surface area contributed by atoms with E-state index in [2.05, 4.69) is 5.32 Å². The lowest BCUT2D eigenvalue weighted by molar-refractivity contribution is -0.385. The van der Waals surface area contributed by atoms with E-state index in [9.17, 15) is 20.0 Å². The average Bonchev–Trinajstić information content (AvgIpc) is 2.37. The van der Waals surface area contributed by atoms with Crippen molar-refractivity contribution in [1.82, 2.24) is 5.32 Å². The number of aliphatic hydroxyl groups is 1. The third-order valence-electron chi connectivity index (χ3n) is 3.94. The maximum Gasteiger partial charge on any atom is 0.300 e. The summed E-state index contributed by atoms with van der Waals surface area (Å²) in [5.74, 6) is -0.552. The van der Waals surface area contributed by atoms with Gasteiger partial charge in [-0.1, -0.05) is 31.5 Å². The molecule has 2 unspecified atom stereocenters. The second kappa shape index (κ2) is 5.03. The van der Waals surface area contributed by atoms with E-state index in [0.29, 0.717) is 6.42 Å². The Morgan fingerprint density at radius 2 is 2.20 bits per heavy atom.